The van der Waals surface area contributed by atoms with E-state index in [1.165, 1.54) is 10.8 Å². The Morgan fingerprint density at radius 3 is 2.52 bits per heavy atom. The fourth-order valence-corrected chi connectivity index (χ4v) is 2.89. The van der Waals surface area contributed by atoms with E-state index in [-0.39, 0.29) is 24.6 Å². The van der Waals surface area contributed by atoms with Gasteiger partial charge in [0.1, 0.15) is 12.3 Å². The van der Waals surface area contributed by atoms with Crippen molar-refractivity contribution in [3.05, 3.63) is 71.1 Å². The van der Waals surface area contributed by atoms with Crippen molar-refractivity contribution in [1.29, 1.82) is 0 Å². The highest BCUT2D eigenvalue weighted by atomic mass is 16.6. The first-order chi connectivity index (χ1) is 14.0. The number of pyridine rings is 1. The number of nitrogens with one attached hydrogen (secondary N) is 1. The molecule has 0 bridgehead atoms. The zero-order valence-electron chi connectivity index (χ0n) is 16.3. The second-order valence-corrected chi connectivity index (χ2v) is 6.39. The lowest BCUT2D eigenvalue weighted by Gasteiger charge is -2.15. The van der Waals surface area contributed by atoms with Crippen LogP contribution in [0.4, 0.5) is 5.69 Å². The molecule has 0 fully saturated rings. The molecule has 150 valence electrons. The minimum absolute atomic E-state index is 0.117. The molecule has 1 N–H and O–H groups in total. The molecule has 7 heteroatoms. The van der Waals surface area contributed by atoms with Gasteiger partial charge in [0.15, 0.2) is 6.10 Å². The summed E-state index contributed by atoms with van der Waals surface area (Å²) in [4.78, 5) is 36.9. The van der Waals surface area contributed by atoms with Gasteiger partial charge in [-0.3, -0.25) is 9.59 Å². The molecular formula is C22H22N2O5. The number of aromatic nitrogens is 1. The number of amides is 1. The van der Waals surface area contributed by atoms with Crippen LogP contribution in [0, 0.1) is 0 Å². The van der Waals surface area contributed by atoms with Crippen LogP contribution in [-0.4, -0.2) is 29.2 Å². The number of carbonyl (C=O) groups excluding carboxylic acids is 2. The van der Waals surface area contributed by atoms with Crippen LogP contribution >= 0.6 is 0 Å². The van der Waals surface area contributed by atoms with E-state index < -0.39 is 12.1 Å². The Morgan fingerprint density at radius 1 is 1.03 bits per heavy atom. The maximum absolute atomic E-state index is 12.8. The molecule has 7 nitrogen and oxygen atoms in total. The number of rotatable bonds is 7. The van der Waals surface area contributed by atoms with Crippen molar-refractivity contribution in [2.24, 2.45) is 0 Å². The third-order valence-electron chi connectivity index (χ3n) is 4.27. The number of para-hydroxylation sites is 1. The summed E-state index contributed by atoms with van der Waals surface area (Å²) in [6, 6.07) is 15.7. The van der Waals surface area contributed by atoms with E-state index in [4.69, 9.17) is 9.47 Å². The first-order valence-corrected chi connectivity index (χ1v) is 9.30. The number of anilines is 1. The number of benzene rings is 2. The van der Waals surface area contributed by atoms with E-state index in [1.54, 1.807) is 50.2 Å². The van der Waals surface area contributed by atoms with Gasteiger partial charge in [0.25, 0.3) is 5.56 Å². The van der Waals surface area contributed by atoms with Gasteiger partial charge in [-0.05, 0) is 44.2 Å². The number of nitrogens with zero attached hydrogens (tertiary/aromatic N) is 1. The smallest absolute Gasteiger partial charge is 0.347 e. The normalized spacial score (nSPS) is 11.7. The minimum atomic E-state index is -0.806. The highest BCUT2D eigenvalue weighted by molar-refractivity contribution is 5.91. The van der Waals surface area contributed by atoms with Crippen LogP contribution in [0.25, 0.3) is 10.8 Å². The first-order valence-electron chi connectivity index (χ1n) is 9.30. The third-order valence-corrected chi connectivity index (χ3v) is 4.27. The number of carbonyl (C=O) groups is 2. The molecule has 0 unspecified atom stereocenters. The maximum Gasteiger partial charge on any atom is 0.347 e. The molecule has 0 saturated heterocycles. The van der Waals surface area contributed by atoms with E-state index in [1.807, 2.05) is 18.2 Å². The SMILES string of the molecule is CCOC(=O)[C@@H](C)Oc1cccc2c(=O)n(CC(=O)Nc3ccccc3)ccc12. The molecule has 0 aliphatic rings. The van der Waals surface area contributed by atoms with Crippen molar-refractivity contribution in [2.45, 2.75) is 26.5 Å². The predicted octanol–water partition coefficient (Wildman–Crippen LogP) is 2.97. The average molecular weight is 394 g/mol. The van der Waals surface area contributed by atoms with Gasteiger partial charge in [0.2, 0.25) is 5.91 Å². The van der Waals surface area contributed by atoms with Gasteiger partial charge in [-0.25, -0.2) is 4.79 Å². The van der Waals surface area contributed by atoms with Crippen molar-refractivity contribution in [1.82, 2.24) is 4.57 Å². The van der Waals surface area contributed by atoms with E-state index in [2.05, 4.69) is 5.32 Å². The number of hydrogen-bond donors (Lipinski definition) is 1. The standard InChI is InChI=1S/C22H22N2O5/c1-3-28-22(27)15(2)29-19-11-7-10-18-17(19)12-13-24(21(18)26)14-20(25)23-16-8-5-4-6-9-16/h4-13,15H,3,14H2,1-2H3,(H,23,25)/t15-/m1/s1. The second-order valence-electron chi connectivity index (χ2n) is 6.39. The fraction of sp³-hybridized carbons (Fsp3) is 0.227. The molecule has 1 aromatic heterocycles. The maximum atomic E-state index is 12.8. The van der Waals surface area contributed by atoms with Crippen LogP contribution in [-0.2, 0) is 20.9 Å². The number of fused-ring (bicyclic) bond motifs is 1. The van der Waals surface area contributed by atoms with E-state index in [9.17, 15) is 14.4 Å². The van der Waals surface area contributed by atoms with Gasteiger partial charge >= 0.3 is 5.97 Å². The summed E-state index contributed by atoms with van der Waals surface area (Å²) < 4.78 is 12.0. The van der Waals surface area contributed by atoms with Gasteiger partial charge in [0.05, 0.1) is 12.0 Å². The van der Waals surface area contributed by atoms with Crippen LogP contribution < -0.4 is 15.6 Å². The van der Waals surface area contributed by atoms with Crippen LogP contribution in [0.15, 0.2) is 65.6 Å². The Bertz CT molecular complexity index is 1080. The quantitative estimate of drug-likeness (QED) is 0.623. The number of esters is 1. The summed E-state index contributed by atoms with van der Waals surface area (Å²) >= 11 is 0. The Labute approximate surface area is 167 Å². The highest BCUT2D eigenvalue weighted by Crippen LogP contribution is 2.24. The van der Waals surface area contributed by atoms with Crippen molar-refractivity contribution < 1.29 is 19.1 Å². The second kappa shape index (κ2) is 9.05. The lowest BCUT2D eigenvalue weighted by molar-refractivity contribution is -0.150. The Kier molecular flexibility index (Phi) is 6.29. The van der Waals surface area contributed by atoms with Crippen LogP contribution in [0.3, 0.4) is 0 Å². The Hall–Kier alpha value is -3.61. The fourth-order valence-electron chi connectivity index (χ4n) is 2.89. The highest BCUT2D eigenvalue weighted by Gasteiger charge is 2.18. The molecule has 0 saturated carbocycles. The van der Waals surface area contributed by atoms with Crippen molar-refractivity contribution in [3.8, 4) is 5.75 Å². The predicted molar refractivity (Wildman–Crippen MR) is 110 cm³/mol. The molecule has 0 spiro atoms. The molecule has 3 aromatic rings. The number of hydrogen-bond acceptors (Lipinski definition) is 5. The Balaban J connectivity index is 1.82. The summed E-state index contributed by atoms with van der Waals surface area (Å²) in [6.07, 6.45) is 0.733. The molecule has 0 aliphatic heterocycles. The summed E-state index contributed by atoms with van der Waals surface area (Å²) in [5, 5.41) is 3.71. The molecule has 1 atom stereocenters. The van der Waals surface area contributed by atoms with E-state index in [0.717, 1.165) is 0 Å². The molecule has 0 radical (unpaired) electrons. The minimum Gasteiger partial charge on any atom is -0.478 e. The number of ether oxygens (including phenoxy) is 2. The van der Waals surface area contributed by atoms with Crippen LogP contribution in [0.2, 0.25) is 0 Å². The van der Waals surface area contributed by atoms with E-state index >= 15 is 0 Å². The topological polar surface area (TPSA) is 86.6 Å². The summed E-state index contributed by atoms with van der Waals surface area (Å²) in [5.74, 6) is -0.377. The molecule has 2 aromatic carbocycles. The molecule has 1 amide bonds. The van der Waals surface area contributed by atoms with Crippen LogP contribution in [0.5, 0.6) is 5.75 Å². The summed E-state index contributed by atoms with van der Waals surface area (Å²) in [7, 11) is 0. The molecule has 0 aliphatic carbocycles. The first kappa shape index (κ1) is 20.1. The van der Waals surface area contributed by atoms with Crippen LogP contribution in [0.1, 0.15) is 13.8 Å². The molecular weight excluding hydrogens is 372 g/mol. The van der Waals surface area contributed by atoms with Crippen molar-refractivity contribution in [3.63, 3.8) is 0 Å². The monoisotopic (exact) mass is 394 g/mol. The van der Waals surface area contributed by atoms with Gasteiger partial charge < -0.3 is 19.4 Å². The lowest BCUT2D eigenvalue weighted by Crippen LogP contribution is -2.28. The zero-order chi connectivity index (χ0) is 20.8. The Morgan fingerprint density at radius 2 is 1.79 bits per heavy atom. The zero-order valence-corrected chi connectivity index (χ0v) is 16.3. The van der Waals surface area contributed by atoms with Crippen molar-refractivity contribution in [2.75, 3.05) is 11.9 Å². The van der Waals surface area contributed by atoms with Gasteiger partial charge in [-0.1, -0.05) is 24.3 Å². The summed E-state index contributed by atoms with van der Waals surface area (Å²) in [5.41, 5.74) is 0.343. The summed E-state index contributed by atoms with van der Waals surface area (Å²) in [6.45, 7) is 3.46. The van der Waals surface area contributed by atoms with Gasteiger partial charge in [0, 0.05) is 17.3 Å². The lowest BCUT2D eigenvalue weighted by atomic mass is 10.1. The van der Waals surface area contributed by atoms with Gasteiger partial charge in [-0.15, -0.1) is 0 Å². The average Bonchev–Trinajstić information content (AvgIpc) is 2.71. The molecule has 1 heterocycles. The largest absolute Gasteiger partial charge is 0.478 e. The van der Waals surface area contributed by atoms with Gasteiger partial charge in [-0.2, -0.15) is 0 Å². The molecule has 29 heavy (non-hydrogen) atoms. The third kappa shape index (κ3) is 4.82. The van der Waals surface area contributed by atoms with Crippen molar-refractivity contribution >= 4 is 28.3 Å². The molecule has 3 rings (SSSR count). The van der Waals surface area contributed by atoms with E-state index in [0.29, 0.717) is 22.2 Å².